The highest BCUT2D eigenvalue weighted by Crippen LogP contribution is 2.28. The van der Waals surface area contributed by atoms with Crippen molar-refractivity contribution in [3.63, 3.8) is 0 Å². The number of hydrogen-bond acceptors (Lipinski definition) is 5. The van der Waals surface area contributed by atoms with Crippen LogP contribution in [0.4, 0.5) is 4.79 Å². The largest absolute Gasteiger partial charge is 0.350 e. The first kappa shape index (κ1) is 16.1. The number of aryl methyl sites for hydroxylation is 2. The standard InChI is InChI=1S/C15H19N5OS/c1-4-5-12-8-11(6-7-17-12)14-18-9(2)13(22-14)10(3)19-20-15(16)21/h6-8H,4-5H2,1-3H3,(H3,16,20,21). The van der Waals surface area contributed by atoms with Gasteiger partial charge in [0.25, 0.3) is 0 Å². The van der Waals surface area contributed by atoms with Crippen molar-refractivity contribution in [2.75, 3.05) is 0 Å². The number of hydrazone groups is 1. The Hall–Kier alpha value is -2.28. The third-order valence-corrected chi connectivity index (χ3v) is 4.34. The van der Waals surface area contributed by atoms with Gasteiger partial charge in [0.15, 0.2) is 0 Å². The number of nitrogens with zero attached hydrogens (tertiary/aromatic N) is 3. The van der Waals surface area contributed by atoms with Crippen molar-refractivity contribution < 1.29 is 4.79 Å². The monoisotopic (exact) mass is 317 g/mol. The Morgan fingerprint density at radius 2 is 2.27 bits per heavy atom. The van der Waals surface area contributed by atoms with Gasteiger partial charge in [-0.05, 0) is 32.4 Å². The molecule has 0 fully saturated rings. The minimum Gasteiger partial charge on any atom is -0.350 e. The number of pyridine rings is 1. The van der Waals surface area contributed by atoms with E-state index in [1.54, 1.807) is 0 Å². The summed E-state index contributed by atoms with van der Waals surface area (Å²) in [7, 11) is 0. The summed E-state index contributed by atoms with van der Waals surface area (Å²) in [6.07, 6.45) is 3.82. The van der Waals surface area contributed by atoms with Crippen LogP contribution in [0.1, 0.15) is 36.5 Å². The summed E-state index contributed by atoms with van der Waals surface area (Å²) < 4.78 is 0. The third-order valence-electron chi connectivity index (χ3n) is 3.03. The molecule has 0 saturated carbocycles. The summed E-state index contributed by atoms with van der Waals surface area (Å²) >= 11 is 1.54. The molecule has 0 bridgehead atoms. The molecule has 2 rings (SSSR count). The maximum atomic E-state index is 10.7. The van der Waals surface area contributed by atoms with Gasteiger partial charge < -0.3 is 5.73 Å². The predicted molar refractivity (Wildman–Crippen MR) is 89.0 cm³/mol. The molecule has 0 aliphatic rings. The molecule has 0 saturated heterocycles. The lowest BCUT2D eigenvalue weighted by molar-refractivity contribution is 0.249. The zero-order chi connectivity index (χ0) is 16.1. The molecule has 2 amide bonds. The number of hydrogen-bond donors (Lipinski definition) is 2. The maximum Gasteiger partial charge on any atom is 0.332 e. The molecule has 0 aliphatic heterocycles. The molecule has 2 aromatic heterocycles. The zero-order valence-corrected chi connectivity index (χ0v) is 13.7. The van der Waals surface area contributed by atoms with E-state index >= 15 is 0 Å². The summed E-state index contributed by atoms with van der Waals surface area (Å²) in [4.78, 5) is 20.6. The van der Waals surface area contributed by atoms with Gasteiger partial charge in [-0.2, -0.15) is 5.10 Å². The molecule has 2 heterocycles. The molecule has 0 atom stereocenters. The highest BCUT2D eigenvalue weighted by atomic mass is 32.1. The van der Waals surface area contributed by atoms with Crippen LogP contribution in [-0.2, 0) is 6.42 Å². The van der Waals surface area contributed by atoms with Crippen LogP contribution in [0.15, 0.2) is 23.4 Å². The molecular weight excluding hydrogens is 298 g/mol. The third kappa shape index (κ3) is 3.88. The number of nitrogens with one attached hydrogen (secondary N) is 1. The van der Waals surface area contributed by atoms with Crippen molar-refractivity contribution in [1.82, 2.24) is 15.4 Å². The fraction of sp³-hybridized carbons (Fsp3) is 0.333. The maximum absolute atomic E-state index is 10.7. The number of primary amides is 1. The predicted octanol–water partition coefficient (Wildman–Crippen LogP) is 2.86. The Balaban J connectivity index is 2.31. The van der Waals surface area contributed by atoms with Gasteiger partial charge in [0.1, 0.15) is 5.01 Å². The van der Waals surface area contributed by atoms with Crippen LogP contribution >= 0.6 is 11.3 Å². The van der Waals surface area contributed by atoms with Gasteiger partial charge in [0.2, 0.25) is 0 Å². The molecule has 0 aromatic carbocycles. The molecule has 0 radical (unpaired) electrons. The van der Waals surface area contributed by atoms with Crippen LogP contribution in [0.25, 0.3) is 10.6 Å². The fourth-order valence-electron chi connectivity index (χ4n) is 2.05. The number of amides is 2. The average Bonchev–Trinajstić information content (AvgIpc) is 2.87. The minimum absolute atomic E-state index is 0.680. The SMILES string of the molecule is CCCc1cc(-c2nc(C)c(C(C)=NNC(N)=O)s2)ccn1. The second-order valence-corrected chi connectivity index (χ2v) is 5.89. The van der Waals surface area contributed by atoms with Crippen molar-refractivity contribution in [2.45, 2.75) is 33.6 Å². The summed E-state index contributed by atoms with van der Waals surface area (Å²) in [5, 5.41) is 4.88. The summed E-state index contributed by atoms with van der Waals surface area (Å²) in [6.45, 7) is 5.87. The Morgan fingerprint density at radius 1 is 1.50 bits per heavy atom. The lowest BCUT2D eigenvalue weighted by Gasteiger charge is -2.00. The van der Waals surface area contributed by atoms with Crippen molar-refractivity contribution >= 4 is 23.1 Å². The van der Waals surface area contributed by atoms with Crippen LogP contribution in [0.3, 0.4) is 0 Å². The topological polar surface area (TPSA) is 93.3 Å². The summed E-state index contributed by atoms with van der Waals surface area (Å²) in [5.74, 6) is 0. The summed E-state index contributed by atoms with van der Waals surface area (Å²) in [5.41, 5.74) is 10.9. The van der Waals surface area contributed by atoms with Crippen LogP contribution < -0.4 is 11.2 Å². The summed E-state index contributed by atoms with van der Waals surface area (Å²) in [6, 6.07) is 3.34. The van der Waals surface area contributed by atoms with Gasteiger partial charge in [-0.25, -0.2) is 15.2 Å². The Labute approximate surface area is 133 Å². The molecule has 7 heteroatoms. The minimum atomic E-state index is -0.680. The molecule has 0 spiro atoms. The van der Waals surface area contributed by atoms with Gasteiger partial charge in [0.05, 0.1) is 16.3 Å². The molecule has 3 N–H and O–H groups in total. The van der Waals surface area contributed by atoms with Gasteiger partial charge in [0, 0.05) is 17.5 Å². The number of carbonyl (C=O) groups excluding carboxylic acids is 1. The van der Waals surface area contributed by atoms with Crippen LogP contribution in [0.2, 0.25) is 0 Å². The van der Waals surface area contributed by atoms with Gasteiger partial charge in [-0.3, -0.25) is 4.98 Å². The van der Waals surface area contributed by atoms with Crippen molar-refractivity contribution in [3.05, 3.63) is 34.6 Å². The highest BCUT2D eigenvalue weighted by molar-refractivity contribution is 7.17. The van der Waals surface area contributed by atoms with E-state index in [2.05, 4.69) is 33.5 Å². The van der Waals surface area contributed by atoms with Crippen LogP contribution in [0.5, 0.6) is 0 Å². The first-order valence-corrected chi connectivity index (χ1v) is 7.85. The normalized spacial score (nSPS) is 11.5. The second-order valence-electron chi connectivity index (χ2n) is 4.89. The number of carbonyl (C=O) groups is 1. The van der Waals surface area contributed by atoms with E-state index in [4.69, 9.17) is 5.73 Å². The van der Waals surface area contributed by atoms with E-state index in [1.165, 1.54) is 11.3 Å². The number of thiazole rings is 1. The van der Waals surface area contributed by atoms with E-state index in [0.717, 1.165) is 39.7 Å². The van der Waals surface area contributed by atoms with Gasteiger partial charge in [-0.15, -0.1) is 11.3 Å². The smallest absolute Gasteiger partial charge is 0.332 e. The second kappa shape index (κ2) is 7.13. The fourth-order valence-corrected chi connectivity index (χ4v) is 3.06. The number of aromatic nitrogens is 2. The molecule has 116 valence electrons. The molecule has 22 heavy (non-hydrogen) atoms. The Morgan fingerprint density at radius 3 is 2.95 bits per heavy atom. The van der Waals surface area contributed by atoms with E-state index in [-0.39, 0.29) is 0 Å². The molecule has 2 aromatic rings. The molecule has 6 nitrogen and oxygen atoms in total. The Bertz CT molecular complexity index is 708. The van der Waals surface area contributed by atoms with E-state index in [9.17, 15) is 4.79 Å². The number of nitrogens with two attached hydrogens (primary N) is 1. The van der Waals surface area contributed by atoms with E-state index in [1.807, 2.05) is 26.1 Å². The van der Waals surface area contributed by atoms with E-state index < -0.39 is 6.03 Å². The number of urea groups is 1. The van der Waals surface area contributed by atoms with Crippen molar-refractivity contribution in [2.24, 2.45) is 10.8 Å². The lowest BCUT2D eigenvalue weighted by Crippen LogP contribution is -2.25. The average molecular weight is 317 g/mol. The van der Waals surface area contributed by atoms with Crippen molar-refractivity contribution in [3.8, 4) is 10.6 Å². The first-order chi connectivity index (χ1) is 10.5. The van der Waals surface area contributed by atoms with Crippen LogP contribution in [-0.4, -0.2) is 21.7 Å². The first-order valence-electron chi connectivity index (χ1n) is 7.04. The highest BCUT2D eigenvalue weighted by Gasteiger charge is 2.12. The quantitative estimate of drug-likeness (QED) is 0.656. The van der Waals surface area contributed by atoms with Gasteiger partial charge >= 0.3 is 6.03 Å². The van der Waals surface area contributed by atoms with Gasteiger partial charge in [-0.1, -0.05) is 13.3 Å². The lowest BCUT2D eigenvalue weighted by atomic mass is 10.2. The Kier molecular flexibility index (Phi) is 5.21. The molecule has 0 aliphatic carbocycles. The number of rotatable bonds is 5. The van der Waals surface area contributed by atoms with E-state index in [0.29, 0.717) is 5.71 Å². The van der Waals surface area contributed by atoms with Crippen LogP contribution in [0, 0.1) is 6.92 Å². The zero-order valence-electron chi connectivity index (χ0n) is 12.9. The molecular formula is C15H19N5OS. The van der Waals surface area contributed by atoms with Crippen molar-refractivity contribution in [1.29, 1.82) is 0 Å². The molecule has 0 unspecified atom stereocenters.